The maximum absolute atomic E-state index is 13.0. The fourth-order valence-corrected chi connectivity index (χ4v) is 5.12. The predicted octanol–water partition coefficient (Wildman–Crippen LogP) is -2.55. The Morgan fingerprint density at radius 3 is 2.30 bits per heavy atom. The number of amides is 2. The fourth-order valence-electron chi connectivity index (χ4n) is 5.12. The lowest BCUT2D eigenvalue weighted by atomic mass is 9.96. The fraction of sp³-hybridized carbons (Fsp3) is 0.880. The van der Waals surface area contributed by atoms with Gasteiger partial charge in [0.25, 0.3) is 0 Å². The van der Waals surface area contributed by atoms with Crippen LogP contribution in [-0.2, 0) is 28.5 Å². The van der Waals surface area contributed by atoms with Crippen LogP contribution in [0, 0.1) is 0 Å². The zero-order valence-electron chi connectivity index (χ0n) is 25.2. The molecule has 0 aromatic heterocycles. The molecule has 0 aliphatic carbocycles. The third-order valence-electron chi connectivity index (χ3n) is 7.56. The van der Waals surface area contributed by atoms with Gasteiger partial charge in [0.05, 0.1) is 12.6 Å². The standard InChI is InChI=1S/C25H42N10O11/c1-12-33-17-19(39)22(15(11-36)45-24(17)43-12)46-25-21(41)20(40)18(38)14(44-25)10-30-13(23(42)29-7-3-9-32-35-27)4-5-16(37)28-6-2-8-31-34-26/h13-15,17-22,24-25,30,36,38-41H,2-11H2,1H3,(H,28,37)(H,29,42)/t13?,14?,15?,17?,18-,19+,20-,21?,22+,24-,25-/m0/s1. The van der Waals surface area contributed by atoms with Crippen LogP contribution in [0.15, 0.2) is 15.2 Å². The summed E-state index contributed by atoms with van der Waals surface area (Å²) in [5.74, 6) is -0.582. The molecule has 0 bridgehead atoms. The van der Waals surface area contributed by atoms with Crippen molar-refractivity contribution < 1.29 is 54.1 Å². The molecule has 2 saturated heterocycles. The molecular formula is C25H42N10O11. The first-order chi connectivity index (χ1) is 22.1. The van der Waals surface area contributed by atoms with Crippen LogP contribution >= 0.6 is 0 Å². The van der Waals surface area contributed by atoms with Gasteiger partial charge >= 0.3 is 0 Å². The number of fused-ring (bicyclic) bond motifs is 1. The van der Waals surface area contributed by atoms with Gasteiger partial charge in [-0.25, -0.2) is 4.99 Å². The second kappa shape index (κ2) is 18.7. The molecule has 2 amide bonds. The summed E-state index contributed by atoms with van der Waals surface area (Å²) < 4.78 is 22.6. The summed E-state index contributed by atoms with van der Waals surface area (Å²) in [5, 5.41) is 67.8. The van der Waals surface area contributed by atoms with Crippen molar-refractivity contribution >= 4 is 17.7 Å². The molecule has 0 radical (unpaired) electrons. The maximum Gasteiger partial charge on any atom is 0.237 e. The van der Waals surface area contributed by atoms with E-state index in [4.69, 9.17) is 30.0 Å². The molecule has 0 saturated carbocycles. The van der Waals surface area contributed by atoms with Gasteiger partial charge < -0.3 is 60.4 Å². The quantitative estimate of drug-likeness (QED) is 0.0326. The van der Waals surface area contributed by atoms with E-state index >= 15 is 0 Å². The Bertz CT molecular complexity index is 1140. The van der Waals surface area contributed by atoms with Gasteiger partial charge in [0.1, 0.15) is 48.8 Å². The molecule has 0 aromatic carbocycles. The SMILES string of the molecule is CC1=NC2[C@@H](O1)OC(CO)[C@@H](O[C@@H]1OC(CNC(CCC(=O)NCCCN=[N+]=[N-])C(=O)NCCCN=[N+]=[N-])[C@H](O)[C@H](O)C1O)[C@@H]2O. The molecule has 5 unspecified atom stereocenters. The molecule has 2 fully saturated rings. The van der Waals surface area contributed by atoms with Crippen molar-refractivity contribution in [2.75, 3.05) is 39.3 Å². The van der Waals surface area contributed by atoms with Gasteiger partial charge in [-0.1, -0.05) is 10.2 Å². The Balaban J connectivity index is 1.63. The maximum atomic E-state index is 13.0. The van der Waals surface area contributed by atoms with E-state index in [0.717, 1.165) is 0 Å². The lowest BCUT2D eigenvalue weighted by Crippen LogP contribution is -2.64. The van der Waals surface area contributed by atoms with Crippen LogP contribution in [0.2, 0.25) is 0 Å². The van der Waals surface area contributed by atoms with Crippen LogP contribution in [0.1, 0.15) is 32.6 Å². The van der Waals surface area contributed by atoms with E-state index in [2.05, 4.69) is 41.0 Å². The van der Waals surface area contributed by atoms with Crippen molar-refractivity contribution in [2.45, 2.75) is 100.0 Å². The number of azide groups is 2. The van der Waals surface area contributed by atoms with Crippen LogP contribution in [0.5, 0.6) is 0 Å². The van der Waals surface area contributed by atoms with Gasteiger partial charge in [-0.05, 0) is 30.3 Å². The van der Waals surface area contributed by atoms with Crippen molar-refractivity contribution in [3.05, 3.63) is 20.9 Å². The number of hydrogen-bond acceptors (Lipinski definition) is 15. The monoisotopic (exact) mass is 658 g/mol. The second-order valence-corrected chi connectivity index (χ2v) is 10.8. The van der Waals surface area contributed by atoms with Crippen molar-refractivity contribution in [1.29, 1.82) is 0 Å². The van der Waals surface area contributed by atoms with Gasteiger partial charge in [-0.2, -0.15) is 0 Å². The van der Waals surface area contributed by atoms with Crippen molar-refractivity contribution in [3.8, 4) is 0 Å². The Hall–Kier alpha value is -3.33. The molecule has 8 N–H and O–H groups in total. The van der Waals surface area contributed by atoms with E-state index in [-0.39, 0.29) is 57.4 Å². The molecule has 3 aliphatic heterocycles. The van der Waals surface area contributed by atoms with Crippen LogP contribution in [0.25, 0.3) is 20.9 Å². The van der Waals surface area contributed by atoms with Crippen LogP contribution in [0.3, 0.4) is 0 Å². The molecule has 46 heavy (non-hydrogen) atoms. The largest absolute Gasteiger partial charge is 0.450 e. The highest BCUT2D eigenvalue weighted by Gasteiger charge is 2.53. The summed E-state index contributed by atoms with van der Waals surface area (Å²) in [6.07, 6.45) is -11.9. The number of hydrogen-bond donors (Lipinski definition) is 8. The lowest BCUT2D eigenvalue weighted by Gasteiger charge is -2.45. The Morgan fingerprint density at radius 1 is 0.978 bits per heavy atom. The van der Waals surface area contributed by atoms with Crippen LogP contribution < -0.4 is 16.0 Å². The summed E-state index contributed by atoms with van der Waals surface area (Å²) in [6.45, 7) is 1.56. The normalized spacial score (nSPS) is 32.5. The highest BCUT2D eigenvalue weighted by atomic mass is 16.7. The predicted molar refractivity (Wildman–Crippen MR) is 156 cm³/mol. The summed E-state index contributed by atoms with van der Waals surface area (Å²) in [6, 6.07) is -1.85. The average molecular weight is 659 g/mol. The van der Waals surface area contributed by atoms with Gasteiger partial charge in [-0.15, -0.1) is 0 Å². The first-order valence-corrected chi connectivity index (χ1v) is 14.9. The topological polar surface area (TPSA) is 318 Å². The summed E-state index contributed by atoms with van der Waals surface area (Å²) >= 11 is 0. The van der Waals surface area contributed by atoms with Crippen molar-refractivity contribution in [1.82, 2.24) is 16.0 Å². The molecule has 0 spiro atoms. The van der Waals surface area contributed by atoms with Crippen molar-refractivity contribution in [2.24, 2.45) is 15.2 Å². The number of nitrogens with one attached hydrogen (secondary N) is 3. The Kier molecular flexibility index (Phi) is 15.1. The molecule has 3 heterocycles. The second-order valence-electron chi connectivity index (χ2n) is 10.8. The number of ether oxygens (including phenoxy) is 4. The molecule has 3 rings (SSSR count). The van der Waals surface area contributed by atoms with Gasteiger partial charge in [0.15, 0.2) is 12.2 Å². The minimum absolute atomic E-state index is 0.0205. The summed E-state index contributed by atoms with van der Waals surface area (Å²) in [5.41, 5.74) is 16.8. The summed E-state index contributed by atoms with van der Waals surface area (Å²) in [4.78, 5) is 34.8. The van der Waals surface area contributed by atoms with Crippen LogP contribution in [-0.4, -0.2) is 150 Å². The zero-order valence-corrected chi connectivity index (χ0v) is 25.2. The molecule has 11 atom stereocenters. The third kappa shape index (κ3) is 10.3. The molecule has 21 nitrogen and oxygen atoms in total. The van der Waals surface area contributed by atoms with Crippen LogP contribution in [0.4, 0.5) is 0 Å². The Morgan fingerprint density at radius 2 is 1.65 bits per heavy atom. The number of nitrogens with zero attached hydrogens (tertiary/aromatic N) is 7. The average Bonchev–Trinajstić information content (AvgIpc) is 3.42. The van der Waals surface area contributed by atoms with Crippen molar-refractivity contribution in [3.63, 3.8) is 0 Å². The minimum Gasteiger partial charge on any atom is -0.450 e. The van der Waals surface area contributed by atoms with E-state index in [1.54, 1.807) is 6.92 Å². The molecule has 3 aliphatic rings. The number of carbonyl (C=O) groups is 2. The van der Waals surface area contributed by atoms with E-state index in [9.17, 15) is 35.1 Å². The minimum atomic E-state index is -1.77. The van der Waals surface area contributed by atoms with Gasteiger partial charge in [0.2, 0.25) is 18.1 Å². The molecule has 0 aromatic rings. The highest BCUT2D eigenvalue weighted by molar-refractivity contribution is 5.83. The Labute approximate surface area is 263 Å². The first-order valence-electron chi connectivity index (χ1n) is 14.9. The van der Waals surface area contributed by atoms with Gasteiger partial charge in [0, 0.05) is 55.9 Å². The third-order valence-corrected chi connectivity index (χ3v) is 7.56. The van der Waals surface area contributed by atoms with Gasteiger partial charge in [-0.3, -0.25) is 9.59 Å². The molecule has 21 heteroatoms. The lowest BCUT2D eigenvalue weighted by molar-refractivity contribution is -0.338. The first kappa shape index (κ1) is 37.1. The van der Waals surface area contributed by atoms with E-state index in [1.807, 2.05) is 0 Å². The number of aliphatic hydroxyl groups is 5. The number of carbonyl (C=O) groups excluding carboxylic acids is 2. The van der Waals surface area contributed by atoms with E-state index in [0.29, 0.717) is 12.8 Å². The zero-order chi connectivity index (χ0) is 33.6. The summed E-state index contributed by atoms with van der Waals surface area (Å²) in [7, 11) is 0. The van der Waals surface area contributed by atoms with E-state index < -0.39 is 79.9 Å². The van der Waals surface area contributed by atoms with E-state index in [1.165, 1.54) is 0 Å². The smallest absolute Gasteiger partial charge is 0.237 e. The molecule has 258 valence electrons. The number of rotatable bonds is 18. The number of aliphatic hydroxyl groups excluding tert-OH is 5. The highest BCUT2D eigenvalue weighted by Crippen LogP contribution is 2.32. The molecular weight excluding hydrogens is 616 g/mol. The number of aliphatic imine (C=N–C) groups is 1.